The normalized spacial score (nSPS) is 17.2. The van der Waals surface area contributed by atoms with E-state index in [-0.39, 0.29) is 5.69 Å². The number of rotatable bonds is 4. The average molecular weight is 290 g/mol. The minimum absolute atomic E-state index is 0.0144. The van der Waals surface area contributed by atoms with E-state index in [2.05, 4.69) is 22.2 Å². The maximum atomic E-state index is 10.7. The predicted octanol–water partition coefficient (Wildman–Crippen LogP) is 2.49. The fraction of sp³-hybridized carbons (Fsp3) is 0.500. The lowest BCUT2D eigenvalue weighted by atomic mass is 9.97. The monoisotopic (exact) mass is 290 g/mol. The number of nitro groups is 1. The smallest absolute Gasteiger partial charge is 0.295 e. The number of anilines is 1. The fourth-order valence-electron chi connectivity index (χ4n) is 2.60. The van der Waals surface area contributed by atoms with Gasteiger partial charge in [-0.05, 0) is 45.0 Å². The molecule has 1 aliphatic heterocycles. The molecular weight excluding hydrogens is 272 g/mol. The zero-order chi connectivity index (χ0) is 14.8. The number of hydrogen-bond acceptors (Lipinski definition) is 6. The minimum atomic E-state index is -0.437. The summed E-state index contributed by atoms with van der Waals surface area (Å²) in [5.41, 5.74) is 1.09. The highest BCUT2D eigenvalue weighted by Gasteiger charge is 2.17. The van der Waals surface area contributed by atoms with E-state index in [9.17, 15) is 10.1 Å². The lowest BCUT2D eigenvalue weighted by Crippen LogP contribution is -2.32. The van der Waals surface area contributed by atoms with E-state index in [1.165, 1.54) is 12.1 Å². The first kappa shape index (κ1) is 13.8. The molecular formula is C14H18N4O3. The highest BCUT2D eigenvalue weighted by Crippen LogP contribution is 2.24. The first-order chi connectivity index (χ1) is 10.1. The summed E-state index contributed by atoms with van der Waals surface area (Å²) in [5, 5.41) is 13.9. The Hall–Kier alpha value is -2.15. The predicted molar refractivity (Wildman–Crippen MR) is 79.4 cm³/mol. The number of likely N-dealkylation sites (tertiary alicyclic amines) is 1. The second-order valence-electron chi connectivity index (χ2n) is 5.56. The van der Waals surface area contributed by atoms with Gasteiger partial charge in [-0.15, -0.1) is 0 Å². The molecule has 0 radical (unpaired) electrons. The van der Waals surface area contributed by atoms with Gasteiger partial charge in [-0.2, -0.15) is 4.98 Å². The van der Waals surface area contributed by atoms with Gasteiger partial charge in [-0.1, -0.05) is 0 Å². The third-order valence-corrected chi connectivity index (χ3v) is 3.96. The van der Waals surface area contributed by atoms with Crippen molar-refractivity contribution in [1.29, 1.82) is 0 Å². The van der Waals surface area contributed by atoms with Crippen LogP contribution >= 0.6 is 0 Å². The van der Waals surface area contributed by atoms with Crippen LogP contribution in [0.2, 0.25) is 0 Å². The number of nitrogens with one attached hydrogen (secondary N) is 1. The number of hydrogen-bond donors (Lipinski definition) is 1. The summed E-state index contributed by atoms with van der Waals surface area (Å²) >= 11 is 0. The van der Waals surface area contributed by atoms with Gasteiger partial charge in [0.15, 0.2) is 5.58 Å². The first-order valence-corrected chi connectivity index (χ1v) is 7.09. The fourth-order valence-corrected chi connectivity index (χ4v) is 2.60. The molecule has 2 heterocycles. The SMILES string of the molecule is CN1CCC(CNc2nc3ccc([N+](=O)[O-])cc3o2)CC1. The van der Waals surface area contributed by atoms with Crippen molar-refractivity contribution in [2.24, 2.45) is 5.92 Å². The maximum Gasteiger partial charge on any atom is 0.295 e. The topological polar surface area (TPSA) is 84.4 Å². The molecule has 1 aliphatic rings. The van der Waals surface area contributed by atoms with Gasteiger partial charge in [0, 0.05) is 12.6 Å². The van der Waals surface area contributed by atoms with E-state index in [1.54, 1.807) is 6.07 Å². The van der Waals surface area contributed by atoms with E-state index in [4.69, 9.17) is 4.42 Å². The van der Waals surface area contributed by atoms with Gasteiger partial charge < -0.3 is 14.6 Å². The minimum Gasteiger partial charge on any atom is -0.423 e. The van der Waals surface area contributed by atoms with Crippen molar-refractivity contribution in [3.8, 4) is 0 Å². The van der Waals surface area contributed by atoms with E-state index in [0.717, 1.165) is 32.5 Å². The molecule has 0 aliphatic carbocycles. The number of aromatic nitrogens is 1. The zero-order valence-corrected chi connectivity index (χ0v) is 11.9. The molecule has 0 bridgehead atoms. The quantitative estimate of drug-likeness (QED) is 0.688. The number of nitro benzene ring substituents is 1. The average Bonchev–Trinajstić information content (AvgIpc) is 2.88. The maximum absolute atomic E-state index is 10.7. The summed E-state index contributed by atoms with van der Waals surface area (Å²) in [6.07, 6.45) is 2.32. The molecule has 2 aromatic rings. The molecule has 0 amide bonds. The Morgan fingerprint density at radius 1 is 1.48 bits per heavy atom. The highest BCUT2D eigenvalue weighted by atomic mass is 16.6. The second-order valence-corrected chi connectivity index (χ2v) is 5.56. The Labute approximate surface area is 122 Å². The number of nitrogens with zero attached hydrogens (tertiary/aromatic N) is 3. The van der Waals surface area contributed by atoms with Crippen molar-refractivity contribution in [3.05, 3.63) is 28.3 Å². The van der Waals surface area contributed by atoms with Gasteiger partial charge in [-0.3, -0.25) is 10.1 Å². The Morgan fingerprint density at radius 3 is 2.95 bits per heavy atom. The summed E-state index contributed by atoms with van der Waals surface area (Å²) in [4.78, 5) is 16.9. The van der Waals surface area contributed by atoms with Crippen LogP contribution in [-0.2, 0) is 0 Å². The largest absolute Gasteiger partial charge is 0.423 e. The third-order valence-electron chi connectivity index (χ3n) is 3.96. The van der Waals surface area contributed by atoms with Crippen molar-refractivity contribution in [1.82, 2.24) is 9.88 Å². The van der Waals surface area contributed by atoms with Crippen LogP contribution in [-0.4, -0.2) is 41.5 Å². The number of fused-ring (bicyclic) bond motifs is 1. The molecule has 0 spiro atoms. The van der Waals surface area contributed by atoms with E-state index >= 15 is 0 Å². The lowest BCUT2D eigenvalue weighted by Gasteiger charge is -2.28. The molecule has 1 saturated heterocycles. The van der Waals surface area contributed by atoms with Crippen molar-refractivity contribution < 1.29 is 9.34 Å². The Morgan fingerprint density at radius 2 is 2.24 bits per heavy atom. The van der Waals surface area contributed by atoms with Crippen LogP contribution in [0.1, 0.15) is 12.8 Å². The highest BCUT2D eigenvalue weighted by molar-refractivity contribution is 5.77. The molecule has 0 atom stereocenters. The van der Waals surface area contributed by atoms with Crippen LogP contribution in [0.4, 0.5) is 11.7 Å². The summed E-state index contributed by atoms with van der Waals surface area (Å²) in [5.74, 6) is 0.616. The summed E-state index contributed by atoms with van der Waals surface area (Å²) in [6.45, 7) is 3.06. The molecule has 7 heteroatoms. The second kappa shape index (κ2) is 5.69. The molecule has 21 heavy (non-hydrogen) atoms. The summed E-state index contributed by atoms with van der Waals surface area (Å²) in [7, 11) is 2.14. The van der Waals surface area contributed by atoms with Gasteiger partial charge in [-0.25, -0.2) is 0 Å². The van der Waals surface area contributed by atoms with E-state index < -0.39 is 4.92 Å². The number of piperidine rings is 1. The van der Waals surface area contributed by atoms with Crippen molar-refractivity contribution in [3.63, 3.8) is 0 Å². The Kier molecular flexibility index (Phi) is 3.74. The van der Waals surface area contributed by atoms with Crippen LogP contribution < -0.4 is 5.32 Å². The van der Waals surface area contributed by atoms with Crippen LogP contribution in [0, 0.1) is 16.0 Å². The molecule has 112 valence electrons. The molecule has 3 rings (SSSR count). The molecule has 1 aromatic carbocycles. The number of oxazole rings is 1. The zero-order valence-electron chi connectivity index (χ0n) is 11.9. The van der Waals surface area contributed by atoms with Crippen molar-refractivity contribution >= 4 is 22.8 Å². The summed E-state index contributed by atoms with van der Waals surface area (Å²) in [6, 6.07) is 4.89. The Bertz CT molecular complexity index is 647. The van der Waals surface area contributed by atoms with Crippen LogP contribution in [0.15, 0.2) is 22.6 Å². The first-order valence-electron chi connectivity index (χ1n) is 7.09. The molecule has 0 unspecified atom stereocenters. The lowest BCUT2D eigenvalue weighted by molar-refractivity contribution is -0.384. The van der Waals surface area contributed by atoms with Crippen LogP contribution in [0.25, 0.3) is 11.1 Å². The molecule has 0 saturated carbocycles. The van der Waals surface area contributed by atoms with Crippen LogP contribution in [0.3, 0.4) is 0 Å². The molecule has 1 N–H and O–H groups in total. The van der Waals surface area contributed by atoms with Crippen molar-refractivity contribution in [2.45, 2.75) is 12.8 Å². The van der Waals surface area contributed by atoms with Gasteiger partial charge in [0.2, 0.25) is 0 Å². The Balaban J connectivity index is 1.66. The van der Waals surface area contributed by atoms with Crippen LogP contribution in [0.5, 0.6) is 0 Å². The van der Waals surface area contributed by atoms with Gasteiger partial charge >= 0.3 is 0 Å². The van der Waals surface area contributed by atoms with Crippen molar-refractivity contribution in [2.75, 3.05) is 32.0 Å². The van der Waals surface area contributed by atoms with E-state index in [1.807, 2.05) is 0 Å². The number of benzene rings is 1. The molecule has 1 aromatic heterocycles. The number of non-ortho nitro benzene ring substituents is 1. The molecule has 1 fully saturated rings. The van der Waals surface area contributed by atoms with Gasteiger partial charge in [0.1, 0.15) is 5.52 Å². The summed E-state index contributed by atoms with van der Waals surface area (Å²) < 4.78 is 5.53. The standard InChI is InChI=1S/C14H18N4O3/c1-17-6-4-10(5-7-17)9-15-14-16-12-3-2-11(18(19)20)8-13(12)21-14/h2-3,8,10H,4-7,9H2,1H3,(H,15,16). The third kappa shape index (κ3) is 3.13. The van der Waals surface area contributed by atoms with Gasteiger partial charge in [0.25, 0.3) is 11.7 Å². The van der Waals surface area contributed by atoms with Gasteiger partial charge in [0.05, 0.1) is 11.0 Å². The van der Waals surface area contributed by atoms with E-state index in [0.29, 0.717) is 23.0 Å². The molecule has 7 nitrogen and oxygen atoms in total.